The summed E-state index contributed by atoms with van der Waals surface area (Å²) >= 11 is 0. The average molecular weight is 501 g/mol. The first-order chi connectivity index (χ1) is 16.5. The molecule has 0 saturated carbocycles. The van der Waals surface area contributed by atoms with Gasteiger partial charge in [-0.05, 0) is 44.2 Å². The van der Waals surface area contributed by atoms with Crippen molar-refractivity contribution in [1.29, 1.82) is 0 Å². The molecule has 0 radical (unpaired) electrons. The van der Waals surface area contributed by atoms with Crippen molar-refractivity contribution in [3.05, 3.63) is 59.7 Å². The number of rotatable bonds is 5. The third-order valence-electron chi connectivity index (χ3n) is 5.91. The molecule has 9 heteroatoms. The van der Waals surface area contributed by atoms with Gasteiger partial charge in [-0.15, -0.1) is 0 Å². The minimum atomic E-state index is -3.98. The topological polar surface area (TPSA) is 107 Å². The summed E-state index contributed by atoms with van der Waals surface area (Å²) in [5, 5.41) is 19.3. The van der Waals surface area contributed by atoms with Crippen molar-refractivity contribution in [3.63, 3.8) is 0 Å². The van der Waals surface area contributed by atoms with E-state index in [4.69, 9.17) is 4.74 Å². The van der Waals surface area contributed by atoms with Gasteiger partial charge in [-0.3, -0.25) is 4.79 Å². The van der Waals surface area contributed by atoms with Crippen molar-refractivity contribution in [3.8, 4) is 17.6 Å². The Bertz CT molecular complexity index is 1200. The molecule has 4 atom stereocenters. The molecule has 0 aliphatic carbocycles. The van der Waals surface area contributed by atoms with Gasteiger partial charge in [0.25, 0.3) is 5.91 Å². The highest BCUT2D eigenvalue weighted by molar-refractivity contribution is 7.89. The molecule has 1 aliphatic rings. The Hall–Kier alpha value is -2.90. The highest BCUT2D eigenvalue weighted by Crippen LogP contribution is 2.34. The first-order valence-corrected chi connectivity index (χ1v) is 12.9. The van der Waals surface area contributed by atoms with Crippen LogP contribution in [0.25, 0.3) is 0 Å². The van der Waals surface area contributed by atoms with Gasteiger partial charge in [0.2, 0.25) is 10.0 Å². The molecule has 1 aliphatic heterocycles. The van der Waals surface area contributed by atoms with Crippen LogP contribution in [0, 0.1) is 17.8 Å². The molecule has 0 fully saturated rings. The second-order valence-electron chi connectivity index (χ2n) is 8.90. The van der Waals surface area contributed by atoms with Gasteiger partial charge in [0.15, 0.2) is 0 Å². The Balaban J connectivity index is 2.02. The average Bonchev–Trinajstić information content (AvgIpc) is 2.84. The SMILES string of the molecule is C[C@H](O)C#Cc1ccc2c(c1)O[C@H](CN(C)C(=O)c1ccccc1)[C@H](C)CN([C@@H](C)CO)S2(=O)=O. The zero-order chi connectivity index (χ0) is 25.8. The number of aliphatic hydroxyl groups is 2. The molecule has 0 saturated heterocycles. The smallest absolute Gasteiger partial charge is 0.253 e. The predicted molar refractivity (Wildman–Crippen MR) is 132 cm³/mol. The fraction of sp³-hybridized carbons (Fsp3) is 0.423. The largest absolute Gasteiger partial charge is 0.487 e. The molecule has 0 unspecified atom stereocenters. The molecular formula is C26H32N2O6S. The van der Waals surface area contributed by atoms with Crippen LogP contribution in [0.4, 0.5) is 0 Å². The van der Waals surface area contributed by atoms with Crippen LogP contribution >= 0.6 is 0 Å². The van der Waals surface area contributed by atoms with E-state index >= 15 is 0 Å². The molecule has 2 aromatic carbocycles. The molecule has 0 aromatic heterocycles. The van der Waals surface area contributed by atoms with Gasteiger partial charge in [-0.1, -0.05) is 37.0 Å². The number of benzene rings is 2. The molecule has 8 nitrogen and oxygen atoms in total. The van der Waals surface area contributed by atoms with E-state index in [1.165, 1.54) is 23.4 Å². The van der Waals surface area contributed by atoms with Crippen molar-refractivity contribution in [1.82, 2.24) is 9.21 Å². The maximum atomic E-state index is 13.5. The van der Waals surface area contributed by atoms with Gasteiger partial charge < -0.3 is 19.8 Å². The number of hydrogen-bond donors (Lipinski definition) is 2. The summed E-state index contributed by atoms with van der Waals surface area (Å²) in [6, 6.07) is 12.8. The number of ether oxygens (including phenoxy) is 1. The van der Waals surface area contributed by atoms with Crippen molar-refractivity contribution in [2.75, 3.05) is 26.7 Å². The van der Waals surface area contributed by atoms with Crippen LogP contribution in [0.15, 0.2) is 53.4 Å². The number of amides is 1. The lowest BCUT2D eigenvalue weighted by molar-refractivity contribution is 0.0563. The lowest BCUT2D eigenvalue weighted by atomic mass is 10.0. The zero-order valence-corrected chi connectivity index (χ0v) is 21.2. The Kier molecular flexibility index (Phi) is 8.56. The van der Waals surface area contributed by atoms with Crippen LogP contribution in [0.5, 0.6) is 5.75 Å². The summed E-state index contributed by atoms with van der Waals surface area (Å²) in [5.74, 6) is 5.11. The molecule has 2 N–H and O–H groups in total. The summed E-state index contributed by atoms with van der Waals surface area (Å²) in [5.41, 5.74) is 1.03. The monoisotopic (exact) mass is 500 g/mol. The van der Waals surface area contributed by atoms with Crippen LogP contribution in [-0.2, 0) is 10.0 Å². The summed E-state index contributed by atoms with van der Waals surface area (Å²) in [6.45, 7) is 5.05. The fourth-order valence-electron chi connectivity index (χ4n) is 3.86. The Morgan fingerprint density at radius 3 is 2.54 bits per heavy atom. The number of sulfonamides is 1. The number of hydrogen-bond acceptors (Lipinski definition) is 6. The second kappa shape index (κ2) is 11.2. The van der Waals surface area contributed by atoms with E-state index in [9.17, 15) is 23.4 Å². The molecule has 1 amide bonds. The first-order valence-electron chi connectivity index (χ1n) is 11.5. The van der Waals surface area contributed by atoms with E-state index in [0.29, 0.717) is 11.1 Å². The van der Waals surface area contributed by atoms with E-state index < -0.39 is 28.3 Å². The minimum Gasteiger partial charge on any atom is -0.487 e. The number of carbonyl (C=O) groups is 1. The maximum absolute atomic E-state index is 13.5. The number of aliphatic hydroxyl groups excluding tert-OH is 2. The van der Waals surface area contributed by atoms with Crippen molar-refractivity contribution < 1.29 is 28.2 Å². The van der Waals surface area contributed by atoms with Crippen LogP contribution < -0.4 is 4.74 Å². The standard InChI is InChI=1S/C26H32N2O6S/c1-18-15-28(19(2)17-29)35(32,33)25-13-12-21(11-10-20(3)30)14-23(25)34-24(18)16-27(4)26(31)22-8-6-5-7-9-22/h5-9,12-14,18-20,24,29-30H,15-17H2,1-4H3/t18-,19+,20+,24-/m1/s1. The zero-order valence-electron chi connectivity index (χ0n) is 20.4. The molecule has 0 spiro atoms. The van der Waals surface area contributed by atoms with Crippen LogP contribution in [-0.4, -0.2) is 78.7 Å². The van der Waals surface area contributed by atoms with Crippen molar-refractivity contribution in [2.24, 2.45) is 5.92 Å². The molecule has 2 aromatic rings. The molecule has 35 heavy (non-hydrogen) atoms. The van der Waals surface area contributed by atoms with E-state index in [2.05, 4.69) is 11.8 Å². The third kappa shape index (κ3) is 6.21. The number of carbonyl (C=O) groups excluding carboxylic acids is 1. The summed E-state index contributed by atoms with van der Waals surface area (Å²) in [7, 11) is -2.29. The molecule has 3 rings (SSSR count). The fourth-order valence-corrected chi connectivity index (χ4v) is 5.69. The van der Waals surface area contributed by atoms with Gasteiger partial charge in [0, 0.05) is 36.7 Å². The number of nitrogens with zero attached hydrogens (tertiary/aromatic N) is 2. The lowest BCUT2D eigenvalue weighted by Gasteiger charge is -2.37. The van der Waals surface area contributed by atoms with Crippen LogP contribution in [0.1, 0.15) is 36.7 Å². The maximum Gasteiger partial charge on any atom is 0.253 e. The Morgan fingerprint density at radius 1 is 1.23 bits per heavy atom. The van der Waals surface area contributed by atoms with Crippen LogP contribution in [0.2, 0.25) is 0 Å². The van der Waals surface area contributed by atoms with Gasteiger partial charge in [0.05, 0.1) is 13.2 Å². The van der Waals surface area contributed by atoms with Gasteiger partial charge in [-0.2, -0.15) is 4.31 Å². The van der Waals surface area contributed by atoms with E-state index in [1.54, 1.807) is 49.2 Å². The van der Waals surface area contributed by atoms with E-state index in [1.807, 2.05) is 13.0 Å². The Morgan fingerprint density at radius 2 is 1.91 bits per heavy atom. The number of likely N-dealkylation sites (N-methyl/N-ethyl adjacent to an activating group) is 1. The van der Waals surface area contributed by atoms with E-state index in [-0.39, 0.29) is 42.2 Å². The van der Waals surface area contributed by atoms with Gasteiger partial charge in [-0.25, -0.2) is 8.42 Å². The quantitative estimate of drug-likeness (QED) is 0.608. The summed E-state index contributed by atoms with van der Waals surface area (Å²) < 4.78 is 34.6. The summed E-state index contributed by atoms with van der Waals surface area (Å²) in [4.78, 5) is 14.5. The molecule has 188 valence electrons. The highest BCUT2D eigenvalue weighted by Gasteiger charge is 2.38. The lowest BCUT2D eigenvalue weighted by Crippen LogP contribution is -2.50. The highest BCUT2D eigenvalue weighted by atomic mass is 32.2. The van der Waals surface area contributed by atoms with Crippen LogP contribution in [0.3, 0.4) is 0 Å². The predicted octanol–water partition coefficient (Wildman–Crippen LogP) is 1.96. The summed E-state index contributed by atoms with van der Waals surface area (Å²) in [6.07, 6.45) is -1.37. The second-order valence-corrected chi connectivity index (χ2v) is 10.8. The third-order valence-corrected chi connectivity index (χ3v) is 7.93. The van der Waals surface area contributed by atoms with Crippen molar-refractivity contribution in [2.45, 2.75) is 43.9 Å². The minimum absolute atomic E-state index is 0.0330. The molecular weight excluding hydrogens is 468 g/mol. The molecule has 1 heterocycles. The number of fused-ring (bicyclic) bond motifs is 1. The molecule has 0 bridgehead atoms. The van der Waals surface area contributed by atoms with E-state index in [0.717, 1.165) is 0 Å². The normalized spacial score (nSPS) is 21.2. The van der Waals surface area contributed by atoms with Crippen molar-refractivity contribution >= 4 is 15.9 Å². The van der Waals surface area contributed by atoms with Gasteiger partial charge in [0.1, 0.15) is 22.9 Å². The first kappa shape index (κ1) is 26.7. The van der Waals surface area contributed by atoms with Gasteiger partial charge >= 0.3 is 0 Å². The Labute approximate surface area is 207 Å².